The van der Waals surface area contributed by atoms with E-state index in [1.165, 1.54) is 4.88 Å². The molecule has 1 aromatic heterocycles. The van der Waals surface area contributed by atoms with Crippen molar-refractivity contribution in [3.8, 4) is 0 Å². The van der Waals surface area contributed by atoms with Crippen LogP contribution in [-0.4, -0.2) is 29.9 Å². The van der Waals surface area contributed by atoms with Gasteiger partial charge in [0.05, 0.1) is 12.1 Å². The maximum atomic E-state index is 12.6. The first-order valence-electron chi connectivity index (χ1n) is 6.31. The quantitative estimate of drug-likeness (QED) is 0.920. The normalized spacial score (nSPS) is 23.3. The zero-order chi connectivity index (χ0) is 13.2. The molecule has 1 aliphatic heterocycles. The molecule has 0 radical (unpaired) electrons. The minimum Gasteiger partial charge on any atom is -0.339 e. The standard InChI is InChI=1S/C13H19BrN2OS/c1-3-13(5-4-6-15-13)12(17)16(2)8-11-7-10(14)9-18-11/h7,9,15H,3-6,8H2,1-2H3. The van der Waals surface area contributed by atoms with E-state index in [2.05, 4.69) is 39.6 Å². The number of thiophene rings is 1. The summed E-state index contributed by atoms with van der Waals surface area (Å²) in [6.07, 6.45) is 2.92. The molecule has 2 rings (SSSR count). The Kier molecular flexibility index (Phi) is 4.45. The third kappa shape index (κ3) is 2.78. The smallest absolute Gasteiger partial charge is 0.242 e. The monoisotopic (exact) mass is 330 g/mol. The number of likely N-dealkylation sites (N-methyl/N-ethyl adjacent to an activating group) is 1. The van der Waals surface area contributed by atoms with Crippen molar-refractivity contribution in [2.45, 2.75) is 38.3 Å². The molecule has 18 heavy (non-hydrogen) atoms. The molecule has 2 heterocycles. The van der Waals surface area contributed by atoms with Crippen molar-refractivity contribution in [1.82, 2.24) is 10.2 Å². The highest BCUT2D eigenvalue weighted by atomic mass is 79.9. The number of rotatable bonds is 4. The minimum absolute atomic E-state index is 0.229. The average Bonchev–Trinajstić information content (AvgIpc) is 2.98. The van der Waals surface area contributed by atoms with Gasteiger partial charge >= 0.3 is 0 Å². The zero-order valence-electron chi connectivity index (χ0n) is 10.8. The lowest BCUT2D eigenvalue weighted by atomic mass is 9.92. The Morgan fingerprint density at radius 2 is 2.44 bits per heavy atom. The van der Waals surface area contributed by atoms with Crippen LogP contribution in [0.1, 0.15) is 31.1 Å². The predicted octanol–water partition coefficient (Wildman–Crippen LogP) is 3.00. The molecular weight excluding hydrogens is 312 g/mol. The second-order valence-electron chi connectivity index (χ2n) is 4.86. The van der Waals surface area contributed by atoms with E-state index in [1.807, 2.05) is 11.9 Å². The van der Waals surface area contributed by atoms with Crippen molar-refractivity contribution in [3.63, 3.8) is 0 Å². The fourth-order valence-electron chi connectivity index (χ4n) is 2.55. The first kappa shape index (κ1) is 14.0. The van der Waals surface area contributed by atoms with E-state index in [1.54, 1.807) is 11.3 Å². The van der Waals surface area contributed by atoms with Gasteiger partial charge in [-0.05, 0) is 47.8 Å². The van der Waals surface area contributed by atoms with Gasteiger partial charge in [0.15, 0.2) is 0 Å². The van der Waals surface area contributed by atoms with Crippen LogP contribution in [0.15, 0.2) is 15.9 Å². The second-order valence-corrected chi connectivity index (χ2v) is 6.77. The van der Waals surface area contributed by atoms with Gasteiger partial charge in [0.1, 0.15) is 0 Å². The molecule has 1 N–H and O–H groups in total. The molecule has 1 amide bonds. The Balaban J connectivity index is 2.04. The first-order chi connectivity index (χ1) is 8.57. The van der Waals surface area contributed by atoms with Gasteiger partial charge in [0, 0.05) is 21.8 Å². The molecular formula is C13H19BrN2OS. The topological polar surface area (TPSA) is 32.3 Å². The Morgan fingerprint density at radius 3 is 2.94 bits per heavy atom. The van der Waals surface area contributed by atoms with E-state index >= 15 is 0 Å². The van der Waals surface area contributed by atoms with Gasteiger partial charge < -0.3 is 10.2 Å². The number of amides is 1. The molecule has 1 saturated heterocycles. The van der Waals surface area contributed by atoms with E-state index < -0.39 is 0 Å². The SMILES string of the molecule is CCC1(C(=O)N(C)Cc2cc(Br)cs2)CCCN1. The van der Waals surface area contributed by atoms with Crippen LogP contribution in [0.25, 0.3) is 0 Å². The highest BCUT2D eigenvalue weighted by Crippen LogP contribution is 2.27. The highest BCUT2D eigenvalue weighted by molar-refractivity contribution is 9.10. The number of hydrogen-bond acceptors (Lipinski definition) is 3. The summed E-state index contributed by atoms with van der Waals surface area (Å²) in [5.41, 5.74) is -0.316. The molecule has 0 saturated carbocycles. The molecule has 1 aromatic rings. The summed E-state index contributed by atoms with van der Waals surface area (Å²) >= 11 is 5.13. The Bertz CT molecular complexity index is 426. The van der Waals surface area contributed by atoms with Crippen molar-refractivity contribution < 1.29 is 4.79 Å². The van der Waals surface area contributed by atoms with Crippen molar-refractivity contribution in [2.24, 2.45) is 0 Å². The number of nitrogens with zero attached hydrogens (tertiary/aromatic N) is 1. The summed E-state index contributed by atoms with van der Waals surface area (Å²) < 4.78 is 1.09. The van der Waals surface area contributed by atoms with Gasteiger partial charge in [0.25, 0.3) is 0 Å². The lowest BCUT2D eigenvalue weighted by molar-refractivity contribution is -0.137. The van der Waals surface area contributed by atoms with Gasteiger partial charge in [-0.1, -0.05) is 6.92 Å². The Morgan fingerprint density at radius 1 is 1.67 bits per heavy atom. The van der Waals surface area contributed by atoms with Crippen LogP contribution in [0.4, 0.5) is 0 Å². The molecule has 1 unspecified atom stereocenters. The summed E-state index contributed by atoms with van der Waals surface area (Å²) in [6.45, 7) is 3.74. The van der Waals surface area contributed by atoms with Crippen molar-refractivity contribution in [2.75, 3.05) is 13.6 Å². The Hall–Kier alpha value is -0.390. The number of carbonyl (C=O) groups is 1. The van der Waals surface area contributed by atoms with E-state index in [-0.39, 0.29) is 11.4 Å². The average molecular weight is 331 g/mol. The first-order valence-corrected chi connectivity index (χ1v) is 7.98. The van der Waals surface area contributed by atoms with E-state index in [0.29, 0.717) is 6.54 Å². The molecule has 5 heteroatoms. The fourth-order valence-corrected chi connectivity index (χ4v) is 4.05. The van der Waals surface area contributed by atoms with E-state index in [0.717, 1.165) is 30.3 Å². The number of carbonyl (C=O) groups excluding carboxylic acids is 1. The summed E-state index contributed by atoms with van der Waals surface area (Å²) in [6, 6.07) is 2.08. The molecule has 1 aliphatic rings. The van der Waals surface area contributed by atoms with Crippen LogP contribution in [0.3, 0.4) is 0 Å². The van der Waals surface area contributed by atoms with Crippen LogP contribution >= 0.6 is 27.3 Å². The predicted molar refractivity (Wildman–Crippen MR) is 78.8 cm³/mol. The van der Waals surface area contributed by atoms with Crippen LogP contribution in [0.5, 0.6) is 0 Å². The summed E-state index contributed by atoms with van der Waals surface area (Å²) in [7, 11) is 1.90. The summed E-state index contributed by atoms with van der Waals surface area (Å²) in [5.74, 6) is 0.229. The lowest BCUT2D eigenvalue weighted by Gasteiger charge is -2.31. The lowest BCUT2D eigenvalue weighted by Crippen LogP contribution is -2.53. The third-order valence-corrected chi connectivity index (χ3v) is 5.30. The fraction of sp³-hybridized carbons (Fsp3) is 0.615. The van der Waals surface area contributed by atoms with Gasteiger partial charge in [-0.15, -0.1) is 11.3 Å². The molecule has 0 spiro atoms. The van der Waals surface area contributed by atoms with Crippen molar-refractivity contribution in [3.05, 3.63) is 20.8 Å². The number of halogens is 1. The third-order valence-electron chi connectivity index (χ3n) is 3.62. The number of hydrogen-bond donors (Lipinski definition) is 1. The highest BCUT2D eigenvalue weighted by Gasteiger charge is 2.40. The largest absolute Gasteiger partial charge is 0.339 e. The van der Waals surface area contributed by atoms with Crippen molar-refractivity contribution >= 4 is 33.2 Å². The van der Waals surface area contributed by atoms with Crippen molar-refractivity contribution in [1.29, 1.82) is 0 Å². The second kappa shape index (κ2) is 5.72. The molecule has 0 aromatic carbocycles. The number of nitrogens with one attached hydrogen (secondary N) is 1. The molecule has 1 atom stereocenters. The Labute approximate surface area is 121 Å². The zero-order valence-corrected chi connectivity index (χ0v) is 13.2. The van der Waals surface area contributed by atoms with Crippen LogP contribution in [-0.2, 0) is 11.3 Å². The molecule has 1 fully saturated rings. The minimum atomic E-state index is -0.316. The molecule has 3 nitrogen and oxygen atoms in total. The van der Waals surface area contributed by atoms with Gasteiger partial charge in [-0.2, -0.15) is 0 Å². The van der Waals surface area contributed by atoms with Gasteiger partial charge in [0.2, 0.25) is 5.91 Å². The van der Waals surface area contributed by atoms with Gasteiger partial charge in [-0.3, -0.25) is 4.79 Å². The maximum Gasteiger partial charge on any atom is 0.242 e. The van der Waals surface area contributed by atoms with Crippen LogP contribution in [0, 0.1) is 0 Å². The van der Waals surface area contributed by atoms with E-state index in [4.69, 9.17) is 0 Å². The van der Waals surface area contributed by atoms with Gasteiger partial charge in [-0.25, -0.2) is 0 Å². The molecule has 100 valence electrons. The molecule has 0 bridgehead atoms. The summed E-state index contributed by atoms with van der Waals surface area (Å²) in [4.78, 5) is 15.6. The summed E-state index contributed by atoms with van der Waals surface area (Å²) in [5, 5.41) is 5.45. The van der Waals surface area contributed by atoms with Crippen LogP contribution in [0.2, 0.25) is 0 Å². The van der Waals surface area contributed by atoms with Crippen LogP contribution < -0.4 is 5.32 Å². The van der Waals surface area contributed by atoms with E-state index in [9.17, 15) is 4.79 Å². The molecule has 0 aliphatic carbocycles. The maximum absolute atomic E-state index is 12.6.